The molecular formula is C13H11NO3. The zero-order valence-electron chi connectivity index (χ0n) is 9.83. The molecule has 0 N–H and O–H groups in total. The molecule has 0 atom stereocenters. The topological polar surface area (TPSA) is 59.6 Å². The Kier molecular flexibility index (Phi) is 2.66. The number of hydrogen-bond donors (Lipinski definition) is 0. The molecule has 4 heteroatoms. The van der Waals surface area contributed by atoms with Crippen LogP contribution in [0, 0.1) is 20.8 Å². The molecule has 2 rings (SSSR count). The van der Waals surface area contributed by atoms with Gasteiger partial charge in [-0.2, -0.15) is 4.99 Å². The highest BCUT2D eigenvalue weighted by Crippen LogP contribution is 2.28. The fourth-order valence-electron chi connectivity index (χ4n) is 1.92. The lowest BCUT2D eigenvalue weighted by molar-refractivity contribution is 0.561. The van der Waals surface area contributed by atoms with Crippen LogP contribution in [0.4, 0.5) is 5.69 Å². The van der Waals surface area contributed by atoms with E-state index in [-0.39, 0.29) is 5.43 Å². The van der Waals surface area contributed by atoms with E-state index in [1.165, 1.54) is 12.1 Å². The van der Waals surface area contributed by atoms with E-state index in [9.17, 15) is 9.59 Å². The third-order valence-electron chi connectivity index (χ3n) is 2.71. The van der Waals surface area contributed by atoms with Crippen LogP contribution in [0.2, 0.25) is 0 Å². The van der Waals surface area contributed by atoms with E-state index in [1.807, 2.05) is 6.92 Å². The summed E-state index contributed by atoms with van der Waals surface area (Å²) in [5.74, 6) is 0.566. The first kappa shape index (κ1) is 11.3. The van der Waals surface area contributed by atoms with Gasteiger partial charge in [-0.25, -0.2) is 4.79 Å². The summed E-state index contributed by atoms with van der Waals surface area (Å²) in [5, 5.41) is 0.476. The van der Waals surface area contributed by atoms with Crippen molar-refractivity contribution >= 4 is 22.7 Å². The Balaban J connectivity index is 3.04. The zero-order chi connectivity index (χ0) is 12.6. The minimum absolute atomic E-state index is 0.118. The van der Waals surface area contributed by atoms with Crippen molar-refractivity contribution in [3.05, 3.63) is 39.2 Å². The maximum absolute atomic E-state index is 11.9. The van der Waals surface area contributed by atoms with Gasteiger partial charge in [0.15, 0.2) is 5.43 Å². The largest absolute Gasteiger partial charge is 0.461 e. The number of nitrogens with zero attached hydrogens (tertiary/aromatic N) is 1. The maximum Gasteiger partial charge on any atom is 0.240 e. The highest BCUT2D eigenvalue weighted by molar-refractivity contribution is 5.87. The molecule has 0 aliphatic carbocycles. The third-order valence-corrected chi connectivity index (χ3v) is 2.71. The molecule has 0 saturated heterocycles. The second-order valence-electron chi connectivity index (χ2n) is 3.97. The number of carbonyl (C=O) groups excluding carboxylic acids is 1. The fourth-order valence-corrected chi connectivity index (χ4v) is 1.92. The number of aryl methyl sites for hydroxylation is 3. The molecule has 0 spiro atoms. The predicted octanol–water partition coefficient (Wildman–Crippen LogP) is 2.69. The molecular weight excluding hydrogens is 218 g/mol. The van der Waals surface area contributed by atoms with E-state index < -0.39 is 0 Å². The van der Waals surface area contributed by atoms with Crippen LogP contribution in [-0.2, 0) is 4.79 Å². The van der Waals surface area contributed by atoms with Crippen LogP contribution >= 0.6 is 0 Å². The lowest BCUT2D eigenvalue weighted by Crippen LogP contribution is -2.03. The van der Waals surface area contributed by atoms with Crippen LogP contribution in [-0.4, -0.2) is 6.08 Å². The highest BCUT2D eigenvalue weighted by Gasteiger charge is 2.12. The lowest BCUT2D eigenvalue weighted by Gasteiger charge is -2.07. The zero-order valence-corrected chi connectivity index (χ0v) is 9.83. The van der Waals surface area contributed by atoms with Gasteiger partial charge in [0.1, 0.15) is 11.3 Å². The Morgan fingerprint density at radius 3 is 2.59 bits per heavy atom. The third kappa shape index (κ3) is 1.79. The molecule has 1 aromatic heterocycles. The van der Waals surface area contributed by atoms with E-state index in [1.54, 1.807) is 19.9 Å². The number of hydrogen-bond acceptors (Lipinski definition) is 4. The Bertz CT molecular complexity index is 707. The number of isocyanates is 1. The van der Waals surface area contributed by atoms with Gasteiger partial charge in [-0.3, -0.25) is 4.79 Å². The smallest absolute Gasteiger partial charge is 0.240 e. The van der Waals surface area contributed by atoms with Crippen molar-refractivity contribution in [2.45, 2.75) is 20.8 Å². The first-order chi connectivity index (χ1) is 8.04. The first-order valence-electron chi connectivity index (χ1n) is 5.17. The van der Waals surface area contributed by atoms with Gasteiger partial charge >= 0.3 is 0 Å². The number of rotatable bonds is 1. The van der Waals surface area contributed by atoms with Gasteiger partial charge in [0.25, 0.3) is 0 Å². The summed E-state index contributed by atoms with van der Waals surface area (Å²) in [5.41, 5.74) is 2.31. The summed E-state index contributed by atoms with van der Waals surface area (Å²) >= 11 is 0. The molecule has 0 bridgehead atoms. The second-order valence-corrected chi connectivity index (χ2v) is 3.97. The van der Waals surface area contributed by atoms with E-state index in [4.69, 9.17) is 4.42 Å². The SMILES string of the molecule is Cc1cc(=O)c2c(C)c(N=C=O)cc(C)c2o1. The molecule has 0 unspecified atom stereocenters. The normalized spacial score (nSPS) is 10.3. The van der Waals surface area contributed by atoms with E-state index >= 15 is 0 Å². The van der Waals surface area contributed by atoms with Crippen LogP contribution in [0.15, 0.2) is 26.3 Å². The van der Waals surface area contributed by atoms with Gasteiger partial charge < -0.3 is 4.42 Å². The molecule has 0 aliphatic rings. The summed E-state index contributed by atoms with van der Waals surface area (Å²) in [4.78, 5) is 25.8. The van der Waals surface area contributed by atoms with Gasteiger partial charge in [-0.15, -0.1) is 0 Å². The lowest BCUT2D eigenvalue weighted by atomic mass is 10.0. The molecule has 2 aromatic rings. The van der Waals surface area contributed by atoms with Gasteiger partial charge in [-0.1, -0.05) is 0 Å². The highest BCUT2D eigenvalue weighted by atomic mass is 16.3. The molecule has 0 radical (unpaired) electrons. The molecule has 4 nitrogen and oxygen atoms in total. The molecule has 86 valence electrons. The van der Waals surface area contributed by atoms with Crippen LogP contribution in [0.3, 0.4) is 0 Å². The Labute approximate surface area is 97.6 Å². The van der Waals surface area contributed by atoms with Crippen molar-refractivity contribution in [1.82, 2.24) is 0 Å². The van der Waals surface area contributed by atoms with Gasteiger partial charge in [0.05, 0.1) is 11.1 Å². The van der Waals surface area contributed by atoms with Gasteiger partial charge in [0.2, 0.25) is 6.08 Å². The molecule has 17 heavy (non-hydrogen) atoms. The Hall–Kier alpha value is -2.19. The first-order valence-corrected chi connectivity index (χ1v) is 5.17. The average molecular weight is 229 g/mol. The van der Waals surface area contributed by atoms with Crippen molar-refractivity contribution < 1.29 is 9.21 Å². The molecule has 1 aromatic carbocycles. The van der Waals surface area contributed by atoms with Crippen LogP contribution in [0.25, 0.3) is 11.0 Å². The number of fused-ring (bicyclic) bond motifs is 1. The van der Waals surface area contributed by atoms with E-state index in [2.05, 4.69) is 4.99 Å². The summed E-state index contributed by atoms with van der Waals surface area (Å²) < 4.78 is 5.55. The van der Waals surface area contributed by atoms with Crippen molar-refractivity contribution in [2.75, 3.05) is 0 Å². The Morgan fingerprint density at radius 2 is 1.94 bits per heavy atom. The van der Waals surface area contributed by atoms with Crippen LogP contribution in [0.1, 0.15) is 16.9 Å². The molecule has 0 aliphatic heterocycles. The van der Waals surface area contributed by atoms with E-state index in [0.29, 0.717) is 28.0 Å². The van der Waals surface area contributed by atoms with Crippen molar-refractivity contribution in [1.29, 1.82) is 0 Å². The molecule has 0 amide bonds. The number of benzene rings is 1. The predicted molar refractivity (Wildman–Crippen MR) is 64.5 cm³/mol. The van der Waals surface area contributed by atoms with E-state index in [0.717, 1.165) is 5.56 Å². The summed E-state index contributed by atoms with van der Waals surface area (Å²) in [6.07, 6.45) is 1.49. The van der Waals surface area contributed by atoms with Gasteiger partial charge in [0, 0.05) is 6.07 Å². The quantitative estimate of drug-likeness (QED) is 0.558. The average Bonchev–Trinajstić information content (AvgIpc) is 2.25. The molecule has 0 fully saturated rings. The second kappa shape index (κ2) is 4.00. The number of aliphatic imine (C=N–C) groups is 1. The van der Waals surface area contributed by atoms with Crippen LogP contribution in [0.5, 0.6) is 0 Å². The maximum atomic E-state index is 11.9. The minimum atomic E-state index is -0.118. The molecule has 1 heterocycles. The van der Waals surface area contributed by atoms with Gasteiger partial charge in [-0.05, 0) is 38.0 Å². The summed E-state index contributed by atoms with van der Waals surface area (Å²) in [7, 11) is 0. The van der Waals surface area contributed by atoms with Crippen molar-refractivity contribution in [2.24, 2.45) is 4.99 Å². The molecule has 0 saturated carbocycles. The Morgan fingerprint density at radius 1 is 1.24 bits per heavy atom. The van der Waals surface area contributed by atoms with Crippen LogP contribution < -0.4 is 5.43 Å². The summed E-state index contributed by atoms with van der Waals surface area (Å²) in [6, 6.07) is 3.15. The minimum Gasteiger partial charge on any atom is -0.461 e. The van der Waals surface area contributed by atoms with Crippen molar-refractivity contribution in [3.8, 4) is 0 Å². The standard InChI is InChI=1S/C13H11NO3/c1-7-4-10(14-6-15)9(3)12-11(16)5-8(2)17-13(7)12/h4-5H,1-3H3. The fraction of sp³-hybridized carbons (Fsp3) is 0.231. The summed E-state index contributed by atoms with van der Waals surface area (Å²) in [6.45, 7) is 5.28. The van der Waals surface area contributed by atoms with Crippen molar-refractivity contribution in [3.63, 3.8) is 0 Å². The monoisotopic (exact) mass is 229 g/mol.